The van der Waals surface area contributed by atoms with Crippen LogP contribution in [0, 0.1) is 5.82 Å². The molecule has 1 aromatic heterocycles. The molecule has 142 valence electrons. The number of hydrogen-bond acceptors (Lipinski definition) is 3. The molecule has 0 aliphatic carbocycles. The summed E-state index contributed by atoms with van der Waals surface area (Å²) in [6.07, 6.45) is 1.98. The van der Waals surface area contributed by atoms with Crippen molar-refractivity contribution in [1.29, 1.82) is 0 Å². The van der Waals surface area contributed by atoms with Gasteiger partial charge in [0.25, 0.3) is 0 Å². The Balaban J connectivity index is 1.65. The van der Waals surface area contributed by atoms with Crippen LogP contribution in [0.1, 0.15) is 17.2 Å². The van der Waals surface area contributed by atoms with Crippen LogP contribution in [0.15, 0.2) is 89.4 Å². The van der Waals surface area contributed by atoms with E-state index in [0.29, 0.717) is 17.3 Å². The highest BCUT2D eigenvalue weighted by molar-refractivity contribution is 9.10. The first-order chi connectivity index (χ1) is 14.2. The summed E-state index contributed by atoms with van der Waals surface area (Å²) in [5.74, 6) is 0.908. The van der Waals surface area contributed by atoms with Gasteiger partial charge in [-0.3, -0.25) is 0 Å². The van der Waals surface area contributed by atoms with Crippen LogP contribution in [-0.2, 0) is 0 Å². The van der Waals surface area contributed by atoms with Gasteiger partial charge in [0.2, 0.25) is 5.95 Å². The highest BCUT2D eigenvalue weighted by Gasteiger charge is 2.27. The molecule has 4 nitrogen and oxygen atoms in total. The number of nitrogens with one attached hydrogen (secondary N) is 1. The number of hydrogen-bond donors (Lipinski definition) is 1. The van der Waals surface area contributed by atoms with Crippen LogP contribution in [0.5, 0.6) is 0 Å². The topological polar surface area (TPSA) is 42.7 Å². The Morgan fingerprint density at radius 2 is 1.59 bits per heavy atom. The molecule has 0 amide bonds. The maximum Gasteiger partial charge on any atom is 0.227 e. The van der Waals surface area contributed by atoms with Crippen molar-refractivity contribution in [2.75, 3.05) is 5.32 Å². The maximum atomic E-state index is 14.7. The van der Waals surface area contributed by atoms with Gasteiger partial charge >= 0.3 is 0 Å². The second-order valence-corrected chi connectivity index (χ2v) is 7.66. The molecule has 0 fully saturated rings. The van der Waals surface area contributed by atoms with Gasteiger partial charge in [0, 0.05) is 21.3 Å². The lowest BCUT2D eigenvalue weighted by Gasteiger charge is -2.24. The van der Waals surface area contributed by atoms with E-state index in [-0.39, 0.29) is 5.82 Å². The molecule has 29 heavy (non-hydrogen) atoms. The van der Waals surface area contributed by atoms with Crippen LogP contribution < -0.4 is 5.32 Å². The number of fused-ring (bicyclic) bond motifs is 1. The van der Waals surface area contributed by atoms with E-state index in [1.54, 1.807) is 16.8 Å². The Kier molecular flexibility index (Phi) is 4.48. The van der Waals surface area contributed by atoms with Gasteiger partial charge in [-0.25, -0.2) is 9.07 Å². The predicted octanol–water partition coefficient (Wildman–Crippen LogP) is 5.90. The first kappa shape index (κ1) is 17.8. The molecule has 6 heteroatoms. The average molecular weight is 447 g/mol. The van der Waals surface area contributed by atoms with Crippen LogP contribution in [0.25, 0.3) is 17.1 Å². The van der Waals surface area contributed by atoms with E-state index in [4.69, 9.17) is 0 Å². The lowest BCUT2D eigenvalue weighted by molar-refractivity contribution is 0.552. The molecular weight excluding hydrogens is 431 g/mol. The van der Waals surface area contributed by atoms with Crippen molar-refractivity contribution in [3.63, 3.8) is 0 Å². The second-order valence-electron chi connectivity index (χ2n) is 6.75. The lowest BCUT2D eigenvalue weighted by Crippen LogP contribution is -2.21. The van der Waals surface area contributed by atoms with Gasteiger partial charge in [-0.15, -0.1) is 5.10 Å². The van der Waals surface area contributed by atoms with Crippen molar-refractivity contribution in [3.05, 3.63) is 106 Å². The SMILES string of the molecule is Fc1ccccc1[C@H]1C=C(c2ccc(Br)cc2)Nc2nc(-c3ccccc3)nn21. The molecule has 1 atom stereocenters. The van der Waals surface area contributed by atoms with Crippen molar-refractivity contribution >= 4 is 27.6 Å². The fourth-order valence-electron chi connectivity index (χ4n) is 3.44. The molecule has 0 bridgehead atoms. The highest BCUT2D eigenvalue weighted by Crippen LogP contribution is 2.35. The quantitative estimate of drug-likeness (QED) is 0.425. The predicted molar refractivity (Wildman–Crippen MR) is 116 cm³/mol. The zero-order valence-electron chi connectivity index (χ0n) is 15.3. The molecule has 0 radical (unpaired) electrons. The summed E-state index contributed by atoms with van der Waals surface area (Å²) in [6, 6.07) is 24.1. The normalized spacial score (nSPS) is 15.4. The average Bonchev–Trinajstić information content (AvgIpc) is 3.19. The molecule has 5 rings (SSSR count). The first-order valence-electron chi connectivity index (χ1n) is 9.20. The number of benzene rings is 3. The van der Waals surface area contributed by atoms with Gasteiger partial charge in [0.05, 0.1) is 0 Å². The summed E-state index contributed by atoms with van der Waals surface area (Å²) in [5, 5.41) is 8.04. The van der Waals surface area contributed by atoms with Crippen LogP contribution in [-0.4, -0.2) is 14.8 Å². The molecule has 1 aliphatic rings. The Morgan fingerprint density at radius 3 is 2.34 bits per heavy atom. The third-order valence-corrected chi connectivity index (χ3v) is 5.41. The number of anilines is 1. The van der Waals surface area contributed by atoms with Gasteiger partial charge in [-0.1, -0.05) is 76.6 Å². The standard InChI is InChI=1S/C23H16BrFN4/c24-17-12-10-15(11-13-17)20-14-21(18-8-4-5-9-19(18)25)29-23(26-20)27-22(28-29)16-6-2-1-3-7-16/h1-14,21H,(H,26,27,28)/t21-/m1/s1. The van der Waals surface area contributed by atoms with Crippen molar-refractivity contribution < 1.29 is 4.39 Å². The zero-order valence-corrected chi connectivity index (χ0v) is 16.8. The van der Waals surface area contributed by atoms with Crippen molar-refractivity contribution in [1.82, 2.24) is 14.8 Å². The van der Waals surface area contributed by atoms with Crippen molar-refractivity contribution in [2.24, 2.45) is 0 Å². The second kappa shape index (κ2) is 7.29. The lowest BCUT2D eigenvalue weighted by atomic mass is 10.0. The van der Waals surface area contributed by atoms with E-state index >= 15 is 0 Å². The van der Waals surface area contributed by atoms with Gasteiger partial charge in [0.1, 0.15) is 11.9 Å². The van der Waals surface area contributed by atoms with Crippen molar-refractivity contribution in [3.8, 4) is 11.4 Å². The molecule has 4 aromatic rings. The molecular formula is C23H16BrFN4. The van der Waals surface area contributed by atoms with Crippen LogP contribution in [0.4, 0.5) is 10.3 Å². The third kappa shape index (κ3) is 3.36. The summed E-state index contributed by atoms with van der Waals surface area (Å²) in [7, 11) is 0. The third-order valence-electron chi connectivity index (χ3n) is 4.88. The highest BCUT2D eigenvalue weighted by atomic mass is 79.9. The molecule has 0 saturated carbocycles. The number of allylic oxidation sites excluding steroid dienone is 1. The summed E-state index contributed by atoms with van der Waals surface area (Å²) >= 11 is 3.47. The Morgan fingerprint density at radius 1 is 0.862 bits per heavy atom. The van der Waals surface area contributed by atoms with Crippen LogP contribution in [0.3, 0.4) is 0 Å². The summed E-state index contributed by atoms with van der Waals surface area (Å²) < 4.78 is 17.4. The first-order valence-corrected chi connectivity index (χ1v) is 9.99. The molecule has 2 heterocycles. The largest absolute Gasteiger partial charge is 0.324 e. The maximum absolute atomic E-state index is 14.7. The number of nitrogens with zero attached hydrogens (tertiary/aromatic N) is 3. The minimum atomic E-state index is -0.406. The molecule has 1 N–H and O–H groups in total. The fourth-order valence-corrected chi connectivity index (χ4v) is 3.70. The Hall–Kier alpha value is -3.25. The Bertz CT molecular complexity index is 1200. The van der Waals surface area contributed by atoms with E-state index in [9.17, 15) is 4.39 Å². The van der Waals surface area contributed by atoms with Gasteiger partial charge in [-0.05, 0) is 29.8 Å². The fraction of sp³-hybridized carbons (Fsp3) is 0.0435. The van der Waals surface area contributed by atoms with E-state index in [1.807, 2.05) is 66.7 Å². The molecule has 1 aliphatic heterocycles. The van der Waals surface area contributed by atoms with Gasteiger partial charge in [-0.2, -0.15) is 4.98 Å². The van der Waals surface area contributed by atoms with Gasteiger partial charge in [0.15, 0.2) is 5.82 Å². The summed E-state index contributed by atoms with van der Waals surface area (Å²) in [6.45, 7) is 0. The van der Waals surface area contributed by atoms with Crippen LogP contribution in [0.2, 0.25) is 0 Å². The zero-order chi connectivity index (χ0) is 19.8. The minimum absolute atomic E-state index is 0.270. The molecule has 0 spiro atoms. The number of rotatable bonds is 3. The monoisotopic (exact) mass is 446 g/mol. The van der Waals surface area contributed by atoms with E-state index in [1.165, 1.54) is 6.07 Å². The number of halogens is 2. The smallest absolute Gasteiger partial charge is 0.227 e. The minimum Gasteiger partial charge on any atom is -0.324 e. The molecule has 0 saturated heterocycles. The summed E-state index contributed by atoms with van der Waals surface area (Å²) in [4.78, 5) is 4.69. The molecule has 0 unspecified atom stereocenters. The number of aromatic nitrogens is 3. The van der Waals surface area contributed by atoms with Crippen molar-refractivity contribution in [2.45, 2.75) is 6.04 Å². The summed E-state index contributed by atoms with van der Waals surface area (Å²) in [5.41, 5.74) is 3.32. The Labute approximate surface area is 175 Å². The van der Waals surface area contributed by atoms with E-state index in [0.717, 1.165) is 21.3 Å². The van der Waals surface area contributed by atoms with E-state index < -0.39 is 6.04 Å². The molecule has 3 aromatic carbocycles. The van der Waals surface area contributed by atoms with E-state index in [2.05, 4.69) is 31.3 Å². The van der Waals surface area contributed by atoms with Crippen LogP contribution >= 0.6 is 15.9 Å². The van der Waals surface area contributed by atoms with Gasteiger partial charge < -0.3 is 5.32 Å².